The highest BCUT2D eigenvalue weighted by Crippen LogP contribution is 1.89. The number of ether oxygens (including phenoxy) is 4. The first kappa shape index (κ1) is 22.5. The van der Waals surface area contributed by atoms with Crippen LogP contribution in [-0.2, 0) is 23.7 Å². The third kappa shape index (κ3) is 24.6. The Hall–Kier alpha value is -0.730. The van der Waals surface area contributed by atoms with Gasteiger partial charge in [-0.05, 0) is 13.3 Å². The fourth-order valence-corrected chi connectivity index (χ4v) is 1.11. The monoisotopic (exact) mass is 310 g/mol. The molecular formula is C14H30O7. The Labute approximate surface area is 127 Å². The van der Waals surface area contributed by atoms with Crippen molar-refractivity contribution < 1.29 is 34.0 Å². The highest BCUT2D eigenvalue weighted by atomic mass is 16.5. The van der Waals surface area contributed by atoms with Gasteiger partial charge in [-0.25, -0.2) is 0 Å². The molecule has 0 fully saturated rings. The van der Waals surface area contributed by atoms with E-state index in [9.17, 15) is 4.79 Å². The smallest absolute Gasteiger partial charge is 0.305 e. The van der Waals surface area contributed by atoms with Gasteiger partial charge in [0.2, 0.25) is 0 Å². The van der Waals surface area contributed by atoms with E-state index >= 15 is 0 Å². The van der Waals surface area contributed by atoms with E-state index in [1.165, 1.54) is 0 Å². The highest BCUT2D eigenvalue weighted by molar-refractivity contribution is 5.69. The molecule has 21 heavy (non-hydrogen) atoms. The lowest BCUT2D eigenvalue weighted by Crippen LogP contribution is -2.11. The molecule has 0 aliphatic heterocycles. The molecule has 0 aromatic heterocycles. The first-order chi connectivity index (χ1) is 10.2. The number of hydrogen-bond acceptors (Lipinski definition) is 7. The predicted octanol–water partition coefficient (Wildman–Crippen LogP) is 0.370. The lowest BCUT2D eigenvalue weighted by molar-refractivity contribution is -0.143. The molecule has 0 spiro atoms. The Morgan fingerprint density at radius 3 is 1.57 bits per heavy atom. The number of aliphatic hydroxyl groups excluding tert-OH is 2. The number of hydrogen-bond donors (Lipinski definition) is 2. The van der Waals surface area contributed by atoms with Crippen LogP contribution in [0, 0.1) is 0 Å². The molecule has 0 saturated carbocycles. The normalized spacial score (nSPS) is 9.90. The topological polar surface area (TPSA) is 94.5 Å². The molecule has 0 bridgehead atoms. The molecule has 0 rings (SSSR count). The maximum Gasteiger partial charge on any atom is 0.305 e. The molecule has 0 atom stereocenters. The molecule has 0 amide bonds. The van der Waals surface area contributed by atoms with Crippen molar-refractivity contribution in [3.8, 4) is 0 Å². The summed E-state index contributed by atoms with van der Waals surface area (Å²) in [7, 11) is 0. The van der Waals surface area contributed by atoms with Crippen LogP contribution in [0.15, 0.2) is 0 Å². The zero-order chi connectivity index (χ0) is 16.2. The molecule has 0 radical (unpaired) electrons. The lowest BCUT2D eigenvalue weighted by atomic mass is 10.3. The second-order valence-corrected chi connectivity index (χ2v) is 3.84. The van der Waals surface area contributed by atoms with Gasteiger partial charge in [-0.1, -0.05) is 6.92 Å². The third-order valence-corrected chi connectivity index (χ3v) is 1.97. The molecular weight excluding hydrogens is 280 g/mol. The lowest BCUT2D eigenvalue weighted by Gasteiger charge is -2.04. The fourth-order valence-electron chi connectivity index (χ4n) is 1.11. The Kier molecular flexibility index (Phi) is 23.2. The van der Waals surface area contributed by atoms with Crippen LogP contribution in [0.1, 0.15) is 26.7 Å². The van der Waals surface area contributed by atoms with Crippen molar-refractivity contribution in [2.24, 2.45) is 0 Å². The largest absolute Gasteiger partial charge is 0.466 e. The van der Waals surface area contributed by atoms with Gasteiger partial charge in [-0.3, -0.25) is 4.79 Å². The minimum Gasteiger partial charge on any atom is -0.466 e. The van der Waals surface area contributed by atoms with Gasteiger partial charge in [-0.2, -0.15) is 0 Å². The summed E-state index contributed by atoms with van der Waals surface area (Å²) >= 11 is 0. The molecule has 0 unspecified atom stereocenters. The van der Waals surface area contributed by atoms with Gasteiger partial charge < -0.3 is 29.2 Å². The summed E-state index contributed by atoms with van der Waals surface area (Å²) in [6.07, 6.45) is 1.42. The van der Waals surface area contributed by atoms with Crippen molar-refractivity contribution in [1.29, 1.82) is 0 Å². The molecule has 0 saturated heterocycles. The van der Waals surface area contributed by atoms with Crippen molar-refractivity contribution in [2.75, 3.05) is 59.5 Å². The Morgan fingerprint density at radius 2 is 1.24 bits per heavy atom. The average molecular weight is 310 g/mol. The summed E-state index contributed by atoms with van der Waals surface area (Å²) < 4.78 is 19.7. The zero-order valence-corrected chi connectivity index (χ0v) is 13.2. The van der Waals surface area contributed by atoms with Crippen molar-refractivity contribution in [3.05, 3.63) is 0 Å². The van der Waals surface area contributed by atoms with E-state index in [4.69, 9.17) is 24.4 Å². The minimum absolute atomic E-state index is 0.0413. The van der Waals surface area contributed by atoms with Gasteiger partial charge in [0, 0.05) is 6.42 Å². The van der Waals surface area contributed by atoms with Gasteiger partial charge in [0.15, 0.2) is 0 Å². The van der Waals surface area contributed by atoms with E-state index in [2.05, 4.69) is 4.74 Å². The van der Waals surface area contributed by atoms with Crippen LogP contribution in [-0.4, -0.2) is 75.6 Å². The van der Waals surface area contributed by atoms with Crippen LogP contribution in [0.2, 0.25) is 0 Å². The molecule has 128 valence electrons. The van der Waals surface area contributed by atoms with Crippen LogP contribution >= 0.6 is 0 Å². The van der Waals surface area contributed by atoms with Gasteiger partial charge in [0.25, 0.3) is 0 Å². The number of aliphatic hydroxyl groups is 2. The van der Waals surface area contributed by atoms with Crippen LogP contribution in [0.4, 0.5) is 0 Å². The van der Waals surface area contributed by atoms with Gasteiger partial charge in [0.1, 0.15) is 0 Å². The number of esters is 1. The second kappa shape index (κ2) is 21.6. The van der Waals surface area contributed by atoms with Crippen molar-refractivity contribution in [3.63, 3.8) is 0 Å². The van der Waals surface area contributed by atoms with Gasteiger partial charge >= 0.3 is 5.97 Å². The van der Waals surface area contributed by atoms with Crippen LogP contribution in [0.3, 0.4) is 0 Å². The second-order valence-electron chi connectivity index (χ2n) is 3.84. The molecule has 0 aliphatic carbocycles. The number of carbonyl (C=O) groups is 1. The summed E-state index contributed by atoms with van der Waals surface area (Å²) in [5.74, 6) is -0.0880. The molecule has 0 heterocycles. The minimum atomic E-state index is -0.0880. The average Bonchev–Trinajstić information content (AvgIpc) is 2.47. The summed E-state index contributed by atoms with van der Waals surface area (Å²) in [6, 6.07) is 0. The summed E-state index contributed by atoms with van der Waals surface area (Å²) in [5.41, 5.74) is 0. The fraction of sp³-hybridized carbons (Fsp3) is 0.929. The Balaban J connectivity index is 0. The maximum atomic E-state index is 10.4. The Bertz CT molecular complexity index is 182. The Morgan fingerprint density at radius 1 is 0.810 bits per heavy atom. The zero-order valence-electron chi connectivity index (χ0n) is 13.2. The van der Waals surface area contributed by atoms with E-state index in [-0.39, 0.29) is 19.2 Å². The van der Waals surface area contributed by atoms with E-state index in [1.807, 2.05) is 13.8 Å². The van der Waals surface area contributed by atoms with Crippen molar-refractivity contribution in [2.45, 2.75) is 26.7 Å². The number of carbonyl (C=O) groups excluding carboxylic acids is 1. The molecule has 2 N–H and O–H groups in total. The van der Waals surface area contributed by atoms with Gasteiger partial charge in [-0.15, -0.1) is 0 Å². The molecule has 0 aromatic carbocycles. The molecule has 7 nitrogen and oxygen atoms in total. The van der Waals surface area contributed by atoms with E-state index in [0.717, 1.165) is 6.42 Å². The highest BCUT2D eigenvalue weighted by Gasteiger charge is 1.95. The molecule has 0 aliphatic rings. The first-order valence-corrected chi connectivity index (χ1v) is 7.33. The van der Waals surface area contributed by atoms with Crippen LogP contribution in [0.5, 0.6) is 0 Å². The van der Waals surface area contributed by atoms with Crippen molar-refractivity contribution >= 4 is 5.97 Å². The van der Waals surface area contributed by atoms with E-state index in [0.29, 0.717) is 52.7 Å². The third-order valence-electron chi connectivity index (χ3n) is 1.97. The standard InChI is InChI=1S/C8H18O5.C6H12O2/c9-1-3-11-5-7-13-8-6-12-4-2-10;1-3-5-6(7)8-4-2/h9-10H,1-8H2;3-5H2,1-2H3. The van der Waals surface area contributed by atoms with Crippen LogP contribution in [0.25, 0.3) is 0 Å². The van der Waals surface area contributed by atoms with Crippen molar-refractivity contribution in [1.82, 2.24) is 0 Å². The van der Waals surface area contributed by atoms with E-state index < -0.39 is 0 Å². The first-order valence-electron chi connectivity index (χ1n) is 7.33. The summed E-state index contributed by atoms with van der Waals surface area (Å²) in [4.78, 5) is 10.4. The summed E-state index contributed by atoms with van der Waals surface area (Å²) in [6.45, 7) is 7.03. The SMILES string of the molecule is CCCC(=O)OCC.OCCOCCOCCOCCO. The number of rotatable bonds is 13. The molecule has 7 heteroatoms. The maximum absolute atomic E-state index is 10.4. The summed E-state index contributed by atoms with van der Waals surface area (Å²) in [5, 5.41) is 16.7. The van der Waals surface area contributed by atoms with E-state index in [1.54, 1.807) is 0 Å². The quantitative estimate of drug-likeness (QED) is 0.375. The predicted molar refractivity (Wildman–Crippen MR) is 78.2 cm³/mol. The van der Waals surface area contributed by atoms with Gasteiger partial charge in [0.05, 0.1) is 59.5 Å². The molecule has 0 aromatic rings. The van der Waals surface area contributed by atoms with Crippen LogP contribution < -0.4 is 0 Å².